The first-order valence-corrected chi connectivity index (χ1v) is 9.75. The first kappa shape index (κ1) is 24.0. The molecule has 0 bridgehead atoms. The molecule has 0 N–H and O–H groups in total. The highest BCUT2D eigenvalue weighted by molar-refractivity contribution is 6.07. The SMILES string of the molecule is CCn1ncc(C(=O)/C=C/c2ccc(OC)c(COc3c(F)c(F)c(F)c(F)c3F)c2)c1C. The Labute approximate surface area is 186 Å². The zero-order valence-corrected chi connectivity index (χ0v) is 17.9. The lowest BCUT2D eigenvalue weighted by Crippen LogP contribution is -2.07. The summed E-state index contributed by atoms with van der Waals surface area (Å²) in [6, 6.07) is 4.63. The Kier molecular flexibility index (Phi) is 7.15. The van der Waals surface area contributed by atoms with Crippen molar-refractivity contribution in [1.29, 1.82) is 0 Å². The third-order valence-corrected chi connectivity index (χ3v) is 4.94. The number of nitrogens with zero attached hydrogens (tertiary/aromatic N) is 2. The van der Waals surface area contributed by atoms with E-state index in [2.05, 4.69) is 5.10 Å². The van der Waals surface area contributed by atoms with Crippen molar-refractivity contribution in [3.63, 3.8) is 0 Å². The number of allylic oxidation sites excluding steroid dienone is 1. The lowest BCUT2D eigenvalue weighted by molar-refractivity contribution is 0.104. The number of aryl methyl sites for hydroxylation is 1. The van der Waals surface area contributed by atoms with Gasteiger partial charge in [-0.3, -0.25) is 9.48 Å². The largest absolute Gasteiger partial charge is 0.496 e. The highest BCUT2D eigenvalue weighted by Gasteiger charge is 2.27. The summed E-state index contributed by atoms with van der Waals surface area (Å²) >= 11 is 0. The van der Waals surface area contributed by atoms with Gasteiger partial charge in [0.2, 0.25) is 29.1 Å². The highest BCUT2D eigenvalue weighted by Crippen LogP contribution is 2.31. The summed E-state index contributed by atoms with van der Waals surface area (Å²) in [5.41, 5.74) is 1.93. The number of halogens is 5. The van der Waals surface area contributed by atoms with E-state index in [1.54, 1.807) is 17.7 Å². The molecule has 0 atom stereocenters. The molecular formula is C23H19F5N2O3. The second-order valence-corrected chi connectivity index (χ2v) is 6.92. The molecule has 2 aromatic carbocycles. The minimum Gasteiger partial charge on any atom is -0.496 e. The van der Waals surface area contributed by atoms with E-state index in [0.717, 1.165) is 5.69 Å². The van der Waals surface area contributed by atoms with Crippen LogP contribution in [0.3, 0.4) is 0 Å². The van der Waals surface area contributed by atoms with Crippen molar-refractivity contribution >= 4 is 11.9 Å². The topological polar surface area (TPSA) is 53.4 Å². The molecule has 5 nitrogen and oxygen atoms in total. The van der Waals surface area contributed by atoms with Crippen LogP contribution < -0.4 is 9.47 Å². The van der Waals surface area contributed by atoms with Gasteiger partial charge in [0, 0.05) is 17.8 Å². The molecular weight excluding hydrogens is 447 g/mol. The maximum Gasteiger partial charge on any atom is 0.207 e. The number of ketones is 1. The number of aromatic nitrogens is 2. The molecule has 3 aromatic rings. The predicted octanol–water partition coefficient (Wildman–Crippen LogP) is 5.39. The minimum atomic E-state index is -2.27. The highest BCUT2D eigenvalue weighted by atomic mass is 19.2. The molecule has 33 heavy (non-hydrogen) atoms. The molecule has 0 amide bonds. The molecule has 1 aromatic heterocycles. The van der Waals surface area contributed by atoms with Crippen LogP contribution >= 0.6 is 0 Å². The van der Waals surface area contributed by atoms with E-state index in [1.807, 2.05) is 6.92 Å². The number of hydrogen-bond acceptors (Lipinski definition) is 4. The summed E-state index contributed by atoms with van der Waals surface area (Å²) in [4.78, 5) is 12.5. The summed E-state index contributed by atoms with van der Waals surface area (Å²) in [5.74, 6) is -12.0. The molecule has 0 fully saturated rings. The summed E-state index contributed by atoms with van der Waals surface area (Å²) in [5, 5.41) is 4.12. The Hall–Kier alpha value is -3.69. The van der Waals surface area contributed by atoms with Gasteiger partial charge in [-0.2, -0.15) is 13.9 Å². The van der Waals surface area contributed by atoms with Crippen LogP contribution in [-0.4, -0.2) is 22.7 Å². The van der Waals surface area contributed by atoms with Crippen LogP contribution in [-0.2, 0) is 13.2 Å². The Morgan fingerprint density at radius 2 is 1.70 bits per heavy atom. The number of ether oxygens (including phenoxy) is 2. The van der Waals surface area contributed by atoms with E-state index in [1.165, 1.54) is 37.6 Å². The zero-order chi connectivity index (χ0) is 24.3. The van der Waals surface area contributed by atoms with Crippen LogP contribution in [0.15, 0.2) is 30.5 Å². The van der Waals surface area contributed by atoms with Crippen molar-refractivity contribution in [2.75, 3.05) is 7.11 Å². The van der Waals surface area contributed by atoms with Crippen molar-refractivity contribution in [2.45, 2.75) is 27.0 Å². The molecule has 10 heteroatoms. The van der Waals surface area contributed by atoms with E-state index in [0.29, 0.717) is 17.7 Å². The summed E-state index contributed by atoms with van der Waals surface area (Å²) < 4.78 is 79.5. The number of carbonyl (C=O) groups excluding carboxylic acids is 1. The fourth-order valence-corrected chi connectivity index (χ4v) is 3.15. The Morgan fingerprint density at radius 3 is 2.27 bits per heavy atom. The molecule has 0 unspecified atom stereocenters. The Balaban J connectivity index is 1.84. The molecule has 174 valence electrons. The van der Waals surface area contributed by atoms with Gasteiger partial charge in [0.15, 0.2) is 11.5 Å². The first-order chi connectivity index (χ1) is 15.7. The standard InChI is InChI=1S/C23H19F5N2O3/c1-4-30-12(2)15(10-29-30)16(31)7-5-13-6-8-17(32-3)14(9-13)11-33-23-21(27)19(25)18(24)20(26)22(23)28/h5-10H,4,11H2,1-3H3/b7-5+. The van der Waals surface area contributed by atoms with Gasteiger partial charge in [0.1, 0.15) is 12.4 Å². The van der Waals surface area contributed by atoms with Crippen molar-refractivity contribution in [1.82, 2.24) is 9.78 Å². The lowest BCUT2D eigenvalue weighted by Gasteiger charge is -2.13. The minimum absolute atomic E-state index is 0.252. The summed E-state index contributed by atoms with van der Waals surface area (Å²) in [6.45, 7) is 3.74. The number of benzene rings is 2. The maximum absolute atomic E-state index is 13.9. The van der Waals surface area contributed by atoms with Gasteiger partial charge in [-0.15, -0.1) is 0 Å². The van der Waals surface area contributed by atoms with E-state index < -0.39 is 41.4 Å². The number of carbonyl (C=O) groups is 1. The average Bonchev–Trinajstić information content (AvgIpc) is 3.20. The van der Waals surface area contributed by atoms with Crippen LogP contribution in [0.4, 0.5) is 22.0 Å². The smallest absolute Gasteiger partial charge is 0.207 e. The number of hydrogen-bond donors (Lipinski definition) is 0. The third-order valence-electron chi connectivity index (χ3n) is 4.94. The normalized spacial score (nSPS) is 11.3. The Bertz CT molecular complexity index is 1210. The van der Waals surface area contributed by atoms with E-state index in [-0.39, 0.29) is 17.1 Å². The van der Waals surface area contributed by atoms with Crippen LogP contribution in [0, 0.1) is 36.0 Å². The van der Waals surface area contributed by atoms with E-state index >= 15 is 0 Å². The van der Waals surface area contributed by atoms with Crippen LogP contribution in [0.25, 0.3) is 6.08 Å². The molecule has 0 radical (unpaired) electrons. The predicted molar refractivity (Wildman–Crippen MR) is 110 cm³/mol. The molecule has 0 saturated heterocycles. The van der Waals surface area contributed by atoms with Gasteiger partial charge in [0.25, 0.3) is 0 Å². The van der Waals surface area contributed by atoms with E-state index in [9.17, 15) is 26.7 Å². The molecule has 1 heterocycles. The van der Waals surface area contributed by atoms with Crippen molar-refractivity contribution in [2.24, 2.45) is 0 Å². The van der Waals surface area contributed by atoms with Crippen molar-refractivity contribution in [3.05, 3.63) is 81.9 Å². The van der Waals surface area contributed by atoms with Gasteiger partial charge in [-0.05, 0) is 37.6 Å². The molecule has 0 aliphatic carbocycles. The fourth-order valence-electron chi connectivity index (χ4n) is 3.15. The summed E-state index contributed by atoms with van der Waals surface area (Å²) in [6.07, 6.45) is 4.32. The van der Waals surface area contributed by atoms with Crippen molar-refractivity contribution < 1.29 is 36.2 Å². The van der Waals surface area contributed by atoms with Crippen LogP contribution in [0.5, 0.6) is 11.5 Å². The third kappa shape index (κ3) is 4.74. The van der Waals surface area contributed by atoms with Gasteiger partial charge < -0.3 is 9.47 Å². The van der Waals surface area contributed by atoms with Crippen molar-refractivity contribution in [3.8, 4) is 11.5 Å². The molecule has 0 spiro atoms. The van der Waals surface area contributed by atoms with Gasteiger partial charge in [0.05, 0.1) is 18.9 Å². The molecule has 0 saturated carbocycles. The Morgan fingerprint density at radius 1 is 1.06 bits per heavy atom. The van der Waals surface area contributed by atoms with Gasteiger partial charge in [-0.1, -0.05) is 12.1 Å². The molecule has 0 aliphatic rings. The summed E-state index contributed by atoms with van der Waals surface area (Å²) in [7, 11) is 1.34. The fraction of sp³-hybridized carbons (Fsp3) is 0.217. The second kappa shape index (κ2) is 9.85. The first-order valence-electron chi connectivity index (χ1n) is 9.75. The van der Waals surface area contributed by atoms with Crippen LogP contribution in [0.2, 0.25) is 0 Å². The van der Waals surface area contributed by atoms with Gasteiger partial charge >= 0.3 is 0 Å². The van der Waals surface area contributed by atoms with Gasteiger partial charge in [-0.25, -0.2) is 13.2 Å². The van der Waals surface area contributed by atoms with Crippen LogP contribution in [0.1, 0.15) is 34.1 Å². The average molecular weight is 466 g/mol. The molecule has 0 aliphatic heterocycles. The lowest BCUT2D eigenvalue weighted by atomic mass is 10.1. The maximum atomic E-state index is 13.9. The number of rotatable bonds is 8. The van der Waals surface area contributed by atoms with E-state index in [4.69, 9.17) is 9.47 Å². The quantitative estimate of drug-likeness (QED) is 0.147. The molecule has 3 rings (SSSR count). The zero-order valence-electron chi connectivity index (χ0n) is 17.9. The number of methoxy groups -OCH3 is 1. The monoisotopic (exact) mass is 466 g/mol. The second-order valence-electron chi connectivity index (χ2n) is 6.92.